The van der Waals surface area contributed by atoms with E-state index in [1.165, 1.54) is 9.77 Å². The second-order valence-electron chi connectivity index (χ2n) is 3.89. The van der Waals surface area contributed by atoms with Crippen LogP contribution in [0, 0.1) is 0 Å². The highest BCUT2D eigenvalue weighted by molar-refractivity contribution is 7.99. The molecule has 0 bridgehead atoms. The summed E-state index contributed by atoms with van der Waals surface area (Å²) in [4.78, 5) is 2.63. The molecular weight excluding hydrogens is 250 g/mol. The number of thioether (sulfide) groups is 1. The summed E-state index contributed by atoms with van der Waals surface area (Å²) in [6.45, 7) is 3.22. The topological polar surface area (TPSA) is 29.9 Å². The Labute approximate surface area is 110 Å². The summed E-state index contributed by atoms with van der Waals surface area (Å²) in [6.07, 6.45) is 3.96. The van der Waals surface area contributed by atoms with Crippen LogP contribution < -0.4 is 5.32 Å². The van der Waals surface area contributed by atoms with Gasteiger partial charge in [-0.15, -0.1) is 23.1 Å². The molecule has 0 aromatic carbocycles. The molecule has 2 aromatic heterocycles. The fourth-order valence-electron chi connectivity index (χ4n) is 1.56. The number of hydrogen-bond acceptors (Lipinski definition) is 4. The number of rotatable bonds is 6. The molecule has 0 amide bonds. The molecule has 17 heavy (non-hydrogen) atoms. The van der Waals surface area contributed by atoms with Gasteiger partial charge in [0.15, 0.2) is 0 Å². The van der Waals surface area contributed by atoms with Crippen LogP contribution in [0.4, 0.5) is 0 Å². The Morgan fingerprint density at radius 1 is 1.59 bits per heavy atom. The van der Waals surface area contributed by atoms with Crippen molar-refractivity contribution in [2.75, 3.05) is 12.3 Å². The molecule has 0 saturated carbocycles. The summed E-state index contributed by atoms with van der Waals surface area (Å²) in [6, 6.07) is 4.73. The maximum absolute atomic E-state index is 4.15. The second-order valence-corrected chi connectivity index (χ2v) is 6.04. The van der Waals surface area contributed by atoms with Crippen LogP contribution in [0.2, 0.25) is 0 Å². The molecule has 0 saturated heterocycles. The van der Waals surface area contributed by atoms with Gasteiger partial charge in [0.25, 0.3) is 0 Å². The largest absolute Gasteiger partial charge is 0.309 e. The van der Waals surface area contributed by atoms with E-state index in [1.54, 1.807) is 11.3 Å². The zero-order chi connectivity index (χ0) is 12.1. The molecule has 2 rings (SSSR count). The van der Waals surface area contributed by atoms with Crippen molar-refractivity contribution in [3.63, 3.8) is 0 Å². The molecule has 0 radical (unpaired) electrons. The van der Waals surface area contributed by atoms with Crippen LogP contribution in [-0.2, 0) is 7.05 Å². The number of nitrogens with zero attached hydrogens (tertiary/aromatic N) is 2. The van der Waals surface area contributed by atoms with E-state index >= 15 is 0 Å². The molecule has 1 N–H and O–H groups in total. The van der Waals surface area contributed by atoms with Gasteiger partial charge >= 0.3 is 0 Å². The van der Waals surface area contributed by atoms with Gasteiger partial charge in [0.1, 0.15) is 0 Å². The highest BCUT2D eigenvalue weighted by Gasteiger charge is 2.04. The van der Waals surface area contributed by atoms with E-state index in [2.05, 4.69) is 34.9 Å². The third kappa shape index (κ3) is 3.87. The molecular formula is C12H17N3S2. The lowest BCUT2D eigenvalue weighted by molar-refractivity contribution is 0.610. The zero-order valence-electron chi connectivity index (χ0n) is 10.1. The van der Waals surface area contributed by atoms with Crippen LogP contribution in [0.25, 0.3) is 0 Å². The van der Waals surface area contributed by atoms with Crippen molar-refractivity contribution >= 4 is 23.1 Å². The Morgan fingerprint density at radius 3 is 3.12 bits per heavy atom. The van der Waals surface area contributed by atoms with Gasteiger partial charge in [-0.1, -0.05) is 6.07 Å². The predicted molar refractivity (Wildman–Crippen MR) is 74.7 cm³/mol. The van der Waals surface area contributed by atoms with Crippen molar-refractivity contribution in [3.8, 4) is 0 Å². The molecule has 0 aliphatic heterocycles. The molecule has 1 atom stereocenters. The quantitative estimate of drug-likeness (QED) is 0.644. The first-order valence-corrected chi connectivity index (χ1v) is 7.50. The van der Waals surface area contributed by atoms with Gasteiger partial charge < -0.3 is 5.32 Å². The van der Waals surface area contributed by atoms with E-state index in [1.807, 2.05) is 35.9 Å². The first-order chi connectivity index (χ1) is 8.25. The van der Waals surface area contributed by atoms with Crippen LogP contribution in [-0.4, -0.2) is 22.1 Å². The number of thiophene rings is 1. The van der Waals surface area contributed by atoms with Crippen LogP contribution in [0.15, 0.2) is 34.8 Å². The van der Waals surface area contributed by atoms with Gasteiger partial charge in [-0.3, -0.25) is 4.68 Å². The fraction of sp³-hybridized carbons (Fsp3) is 0.417. The lowest BCUT2D eigenvalue weighted by Gasteiger charge is -2.11. The Balaban J connectivity index is 1.66. The maximum atomic E-state index is 4.15. The van der Waals surface area contributed by atoms with E-state index in [9.17, 15) is 0 Å². The number of hydrogen-bond donors (Lipinski definition) is 1. The minimum Gasteiger partial charge on any atom is -0.309 e. The number of aromatic nitrogens is 2. The summed E-state index contributed by atoms with van der Waals surface area (Å²) in [7, 11) is 1.95. The van der Waals surface area contributed by atoms with Crippen molar-refractivity contribution in [1.82, 2.24) is 15.1 Å². The van der Waals surface area contributed by atoms with E-state index in [0.717, 1.165) is 12.3 Å². The van der Waals surface area contributed by atoms with E-state index in [0.29, 0.717) is 6.04 Å². The van der Waals surface area contributed by atoms with Crippen molar-refractivity contribution in [2.24, 2.45) is 7.05 Å². The third-order valence-electron chi connectivity index (χ3n) is 2.47. The normalized spacial score (nSPS) is 12.8. The van der Waals surface area contributed by atoms with E-state index < -0.39 is 0 Å². The van der Waals surface area contributed by atoms with Gasteiger partial charge in [0, 0.05) is 41.4 Å². The van der Waals surface area contributed by atoms with Crippen molar-refractivity contribution in [3.05, 3.63) is 34.8 Å². The standard InChI is InChI=1S/C12H17N3S2/c1-10(12-4-3-6-17-12)13-5-7-16-11-8-14-15(2)9-11/h3-4,6,8-10,13H,5,7H2,1-2H3. The SMILES string of the molecule is CC(NCCSc1cnn(C)c1)c1cccs1. The average molecular weight is 267 g/mol. The predicted octanol–water partition coefficient (Wildman–Crippen LogP) is 2.92. The van der Waals surface area contributed by atoms with Crippen LogP contribution in [0.3, 0.4) is 0 Å². The van der Waals surface area contributed by atoms with E-state index in [4.69, 9.17) is 0 Å². The summed E-state index contributed by atoms with van der Waals surface area (Å²) in [5, 5.41) is 9.80. The van der Waals surface area contributed by atoms with Crippen molar-refractivity contribution in [1.29, 1.82) is 0 Å². The Morgan fingerprint density at radius 2 is 2.47 bits per heavy atom. The van der Waals surface area contributed by atoms with Gasteiger partial charge in [-0.2, -0.15) is 5.10 Å². The molecule has 92 valence electrons. The van der Waals surface area contributed by atoms with Crippen molar-refractivity contribution in [2.45, 2.75) is 17.9 Å². The first-order valence-electron chi connectivity index (χ1n) is 5.64. The molecule has 0 spiro atoms. The number of aryl methyl sites for hydroxylation is 1. The highest BCUT2D eigenvalue weighted by atomic mass is 32.2. The smallest absolute Gasteiger partial charge is 0.0625 e. The Hall–Kier alpha value is -0.780. The van der Waals surface area contributed by atoms with E-state index in [-0.39, 0.29) is 0 Å². The molecule has 0 fully saturated rings. The summed E-state index contributed by atoms with van der Waals surface area (Å²) in [5.74, 6) is 1.07. The van der Waals surface area contributed by atoms with Gasteiger partial charge in [-0.05, 0) is 18.4 Å². The summed E-state index contributed by atoms with van der Waals surface area (Å²) >= 11 is 3.64. The summed E-state index contributed by atoms with van der Waals surface area (Å²) in [5.41, 5.74) is 0. The van der Waals surface area contributed by atoms with Gasteiger partial charge in [0.05, 0.1) is 6.20 Å². The average Bonchev–Trinajstić information content (AvgIpc) is 2.95. The Kier molecular flexibility index (Phi) is 4.65. The zero-order valence-corrected chi connectivity index (χ0v) is 11.7. The van der Waals surface area contributed by atoms with Crippen LogP contribution in [0.5, 0.6) is 0 Å². The Bertz CT molecular complexity index is 436. The van der Waals surface area contributed by atoms with Crippen LogP contribution in [0.1, 0.15) is 17.8 Å². The minimum atomic E-state index is 0.449. The molecule has 5 heteroatoms. The molecule has 2 aromatic rings. The highest BCUT2D eigenvalue weighted by Crippen LogP contribution is 2.19. The fourth-order valence-corrected chi connectivity index (χ4v) is 3.12. The second kappa shape index (κ2) is 6.23. The monoisotopic (exact) mass is 267 g/mol. The third-order valence-corrected chi connectivity index (χ3v) is 4.48. The van der Waals surface area contributed by atoms with Gasteiger partial charge in [0.2, 0.25) is 0 Å². The van der Waals surface area contributed by atoms with Crippen LogP contribution >= 0.6 is 23.1 Å². The maximum Gasteiger partial charge on any atom is 0.0625 e. The van der Waals surface area contributed by atoms with Gasteiger partial charge in [-0.25, -0.2) is 0 Å². The first kappa shape index (κ1) is 12.7. The number of nitrogens with one attached hydrogen (secondary N) is 1. The summed E-state index contributed by atoms with van der Waals surface area (Å²) < 4.78 is 1.84. The minimum absolute atomic E-state index is 0.449. The molecule has 1 unspecified atom stereocenters. The van der Waals surface area contributed by atoms with Crippen molar-refractivity contribution < 1.29 is 0 Å². The molecule has 2 heterocycles. The molecule has 0 aliphatic rings. The molecule has 0 aliphatic carbocycles. The lowest BCUT2D eigenvalue weighted by Crippen LogP contribution is -2.20. The molecule has 3 nitrogen and oxygen atoms in total. The lowest BCUT2D eigenvalue weighted by atomic mass is 10.3.